The van der Waals surface area contributed by atoms with Crippen molar-refractivity contribution < 1.29 is 14.7 Å². The normalized spacial score (nSPS) is 25.2. The predicted molar refractivity (Wildman–Crippen MR) is 75.4 cm³/mol. The molecule has 19 heavy (non-hydrogen) atoms. The van der Waals surface area contributed by atoms with Gasteiger partial charge in [0.15, 0.2) is 0 Å². The lowest BCUT2D eigenvalue weighted by atomic mass is 9.66. The van der Waals surface area contributed by atoms with Gasteiger partial charge in [-0.15, -0.1) is 0 Å². The lowest BCUT2D eigenvalue weighted by Crippen LogP contribution is -2.49. The van der Waals surface area contributed by atoms with Crippen LogP contribution in [0.15, 0.2) is 0 Å². The first-order valence-corrected chi connectivity index (χ1v) is 8.09. The van der Waals surface area contributed by atoms with E-state index in [4.69, 9.17) is 5.11 Å². The van der Waals surface area contributed by atoms with Gasteiger partial charge in [0.05, 0.1) is 6.42 Å². The molecule has 0 aromatic rings. The molecule has 2 fully saturated rings. The average Bonchev–Trinajstić information content (AvgIpc) is 2.33. The molecule has 0 aromatic heterocycles. The molecule has 2 amide bonds. The number of thioether (sulfide) groups is 1. The molecule has 1 saturated carbocycles. The van der Waals surface area contributed by atoms with Gasteiger partial charge in [0.1, 0.15) is 0 Å². The summed E-state index contributed by atoms with van der Waals surface area (Å²) in [7, 11) is 0. The van der Waals surface area contributed by atoms with Gasteiger partial charge >= 0.3 is 12.0 Å². The predicted octanol–water partition coefficient (Wildman–Crippen LogP) is 1.83. The highest BCUT2D eigenvalue weighted by molar-refractivity contribution is 7.99. The molecular weight excluding hydrogens is 264 g/mol. The Kier molecular flexibility index (Phi) is 4.96. The van der Waals surface area contributed by atoms with E-state index in [0.29, 0.717) is 6.54 Å². The molecule has 108 valence electrons. The number of hydrogen-bond acceptors (Lipinski definition) is 3. The molecule has 2 aliphatic rings. The van der Waals surface area contributed by atoms with E-state index in [1.165, 1.54) is 5.75 Å². The van der Waals surface area contributed by atoms with E-state index < -0.39 is 5.97 Å². The minimum Gasteiger partial charge on any atom is -0.481 e. The zero-order valence-electron chi connectivity index (χ0n) is 11.1. The molecule has 1 heterocycles. The van der Waals surface area contributed by atoms with Gasteiger partial charge in [0.2, 0.25) is 0 Å². The number of carboxylic acid groups (broad SMARTS) is 1. The average molecular weight is 286 g/mol. The summed E-state index contributed by atoms with van der Waals surface area (Å²) >= 11 is 1.87. The molecule has 0 aromatic carbocycles. The van der Waals surface area contributed by atoms with Crippen LogP contribution in [0.3, 0.4) is 0 Å². The van der Waals surface area contributed by atoms with Crippen molar-refractivity contribution in [2.75, 3.05) is 18.1 Å². The Labute approximate surface area is 117 Å². The number of aliphatic carboxylic acids is 1. The van der Waals surface area contributed by atoms with E-state index in [9.17, 15) is 9.59 Å². The molecule has 1 aliphatic heterocycles. The number of rotatable bonds is 5. The first kappa shape index (κ1) is 14.5. The molecule has 5 nitrogen and oxygen atoms in total. The quantitative estimate of drug-likeness (QED) is 0.720. The van der Waals surface area contributed by atoms with Gasteiger partial charge in [0, 0.05) is 18.3 Å². The van der Waals surface area contributed by atoms with Crippen LogP contribution < -0.4 is 10.6 Å². The van der Waals surface area contributed by atoms with Crippen molar-refractivity contribution in [2.24, 2.45) is 5.41 Å². The van der Waals surface area contributed by atoms with Crippen LogP contribution in [0.5, 0.6) is 0 Å². The lowest BCUT2D eigenvalue weighted by molar-refractivity contribution is -0.141. The van der Waals surface area contributed by atoms with Gasteiger partial charge in [-0.3, -0.25) is 4.79 Å². The van der Waals surface area contributed by atoms with Crippen LogP contribution in [0.2, 0.25) is 0 Å². The van der Waals surface area contributed by atoms with Crippen LogP contribution in [-0.2, 0) is 4.79 Å². The van der Waals surface area contributed by atoms with E-state index in [0.717, 1.165) is 37.9 Å². The van der Waals surface area contributed by atoms with Gasteiger partial charge in [-0.05, 0) is 36.9 Å². The van der Waals surface area contributed by atoms with Crippen LogP contribution in [0.25, 0.3) is 0 Å². The summed E-state index contributed by atoms with van der Waals surface area (Å²) in [6.45, 7) is 0.477. The highest BCUT2D eigenvalue weighted by Gasteiger charge is 2.39. The SMILES string of the molecule is O=C(O)CC1(CNC(=O)NC2CCCSC2)CCC1. The minimum atomic E-state index is -0.773. The Hall–Kier alpha value is -0.910. The summed E-state index contributed by atoms with van der Waals surface area (Å²) in [5, 5.41) is 14.7. The third-order valence-electron chi connectivity index (χ3n) is 4.06. The second kappa shape index (κ2) is 6.50. The zero-order valence-corrected chi connectivity index (χ0v) is 11.9. The molecule has 0 bridgehead atoms. The first-order valence-electron chi connectivity index (χ1n) is 6.94. The number of carbonyl (C=O) groups excluding carboxylic acids is 1. The maximum atomic E-state index is 11.8. The largest absolute Gasteiger partial charge is 0.481 e. The second-order valence-corrected chi connectivity index (χ2v) is 6.81. The fourth-order valence-corrected chi connectivity index (χ4v) is 3.84. The van der Waals surface area contributed by atoms with E-state index in [-0.39, 0.29) is 23.9 Å². The van der Waals surface area contributed by atoms with Crippen LogP contribution in [-0.4, -0.2) is 41.2 Å². The Bertz CT molecular complexity index is 339. The Morgan fingerprint density at radius 3 is 2.63 bits per heavy atom. The molecular formula is C13H22N2O3S. The minimum absolute atomic E-state index is 0.149. The van der Waals surface area contributed by atoms with E-state index >= 15 is 0 Å². The number of carbonyl (C=O) groups is 2. The zero-order chi connectivity index (χ0) is 13.7. The number of carboxylic acids is 1. The van der Waals surface area contributed by atoms with Crippen molar-refractivity contribution in [3.63, 3.8) is 0 Å². The molecule has 1 aliphatic carbocycles. The fraction of sp³-hybridized carbons (Fsp3) is 0.846. The first-order chi connectivity index (χ1) is 9.10. The van der Waals surface area contributed by atoms with Gasteiger partial charge in [-0.2, -0.15) is 11.8 Å². The molecule has 2 rings (SSSR count). The summed E-state index contributed by atoms with van der Waals surface area (Å²) in [6.07, 6.45) is 5.22. The van der Waals surface area contributed by atoms with Crippen LogP contribution in [0.1, 0.15) is 38.5 Å². The molecule has 6 heteroatoms. The fourth-order valence-electron chi connectivity index (χ4n) is 2.77. The van der Waals surface area contributed by atoms with E-state index in [1.807, 2.05) is 11.8 Å². The van der Waals surface area contributed by atoms with Crippen molar-refractivity contribution in [3.05, 3.63) is 0 Å². The number of urea groups is 1. The van der Waals surface area contributed by atoms with Crippen molar-refractivity contribution in [1.29, 1.82) is 0 Å². The molecule has 0 spiro atoms. The summed E-state index contributed by atoms with van der Waals surface area (Å²) in [5.74, 6) is 1.39. The summed E-state index contributed by atoms with van der Waals surface area (Å²) in [4.78, 5) is 22.6. The van der Waals surface area contributed by atoms with Crippen molar-refractivity contribution in [2.45, 2.75) is 44.6 Å². The van der Waals surface area contributed by atoms with Gasteiger partial charge in [-0.25, -0.2) is 4.79 Å². The van der Waals surface area contributed by atoms with Crippen molar-refractivity contribution in [3.8, 4) is 0 Å². The monoisotopic (exact) mass is 286 g/mol. The van der Waals surface area contributed by atoms with E-state index in [1.54, 1.807) is 0 Å². The highest BCUT2D eigenvalue weighted by Crippen LogP contribution is 2.43. The van der Waals surface area contributed by atoms with Crippen molar-refractivity contribution in [1.82, 2.24) is 10.6 Å². The number of amides is 2. The molecule has 3 N–H and O–H groups in total. The summed E-state index contributed by atoms with van der Waals surface area (Å²) in [6, 6.07) is 0.111. The third kappa shape index (κ3) is 4.30. The molecule has 0 radical (unpaired) electrons. The summed E-state index contributed by atoms with van der Waals surface area (Å²) < 4.78 is 0. The van der Waals surface area contributed by atoms with Crippen LogP contribution in [0.4, 0.5) is 4.79 Å². The Balaban J connectivity index is 1.71. The standard InChI is InChI=1S/C13H22N2O3S/c16-11(17)7-13(4-2-5-13)9-14-12(18)15-10-3-1-6-19-8-10/h10H,1-9H2,(H,16,17)(H2,14,15,18). The van der Waals surface area contributed by atoms with Gasteiger partial charge in [0.25, 0.3) is 0 Å². The highest BCUT2D eigenvalue weighted by atomic mass is 32.2. The smallest absolute Gasteiger partial charge is 0.315 e. The topological polar surface area (TPSA) is 78.4 Å². The van der Waals surface area contributed by atoms with Gasteiger partial charge < -0.3 is 15.7 Å². The van der Waals surface area contributed by atoms with Crippen molar-refractivity contribution >= 4 is 23.8 Å². The summed E-state index contributed by atoms with van der Waals surface area (Å²) in [5.41, 5.74) is -0.204. The van der Waals surface area contributed by atoms with Gasteiger partial charge in [-0.1, -0.05) is 6.42 Å². The molecule has 1 saturated heterocycles. The number of nitrogens with one attached hydrogen (secondary N) is 2. The van der Waals surface area contributed by atoms with E-state index in [2.05, 4.69) is 10.6 Å². The second-order valence-electron chi connectivity index (χ2n) is 5.67. The lowest BCUT2D eigenvalue weighted by Gasteiger charge is -2.41. The van der Waals surface area contributed by atoms with Crippen LogP contribution >= 0.6 is 11.8 Å². The molecule has 1 atom stereocenters. The number of hydrogen-bond donors (Lipinski definition) is 3. The third-order valence-corrected chi connectivity index (χ3v) is 5.28. The molecule has 1 unspecified atom stereocenters. The Morgan fingerprint density at radius 1 is 1.32 bits per heavy atom. The maximum Gasteiger partial charge on any atom is 0.315 e. The Morgan fingerprint density at radius 2 is 2.11 bits per heavy atom. The maximum absolute atomic E-state index is 11.8. The van der Waals surface area contributed by atoms with Crippen LogP contribution in [0, 0.1) is 5.41 Å².